The molecule has 0 saturated carbocycles. The minimum atomic E-state index is -3.69. The van der Waals surface area contributed by atoms with Crippen LogP contribution in [-0.2, 0) is 21.9 Å². The van der Waals surface area contributed by atoms with Gasteiger partial charge in [-0.2, -0.15) is 4.31 Å². The Morgan fingerprint density at radius 2 is 2.00 bits per heavy atom. The van der Waals surface area contributed by atoms with E-state index in [0.29, 0.717) is 17.5 Å². The summed E-state index contributed by atoms with van der Waals surface area (Å²) in [7, 11) is -1.86. The fraction of sp³-hybridized carbons (Fsp3) is 0.400. The van der Waals surface area contributed by atoms with Crippen LogP contribution in [0.1, 0.15) is 12.1 Å². The maximum absolute atomic E-state index is 13.0. The lowest BCUT2D eigenvalue weighted by Crippen LogP contribution is -2.30. The molecule has 1 unspecified atom stereocenters. The third-order valence-electron chi connectivity index (χ3n) is 4.44. The first kappa shape index (κ1) is 15.1. The number of aryl methyl sites for hydroxylation is 1. The van der Waals surface area contributed by atoms with Crippen LogP contribution in [0, 0.1) is 12.8 Å². The molecule has 0 spiro atoms. The normalized spacial score (nSPS) is 19.8. The molecule has 0 amide bonds. The second kappa shape index (κ2) is 5.10. The Hall–Kier alpha value is -1.86. The molecule has 2 aromatic rings. The van der Waals surface area contributed by atoms with E-state index in [0.717, 1.165) is 5.52 Å². The molecule has 118 valence electrons. The summed E-state index contributed by atoms with van der Waals surface area (Å²) in [6.07, 6.45) is 0.360. The smallest absolute Gasteiger partial charge is 0.307 e. The quantitative estimate of drug-likeness (QED) is 0.930. The average Bonchev–Trinajstić information content (AvgIpc) is 3.05. The molecule has 1 aliphatic rings. The van der Waals surface area contributed by atoms with E-state index < -0.39 is 21.9 Å². The van der Waals surface area contributed by atoms with Crippen molar-refractivity contribution in [3.8, 4) is 0 Å². The van der Waals surface area contributed by atoms with Gasteiger partial charge in [0.25, 0.3) is 0 Å². The van der Waals surface area contributed by atoms with Crippen molar-refractivity contribution in [2.45, 2.75) is 18.2 Å². The topological polar surface area (TPSA) is 79.6 Å². The first-order chi connectivity index (χ1) is 10.3. The van der Waals surface area contributed by atoms with Crippen molar-refractivity contribution >= 4 is 26.9 Å². The molecular formula is C15H18N2O4S. The van der Waals surface area contributed by atoms with Gasteiger partial charge in [-0.25, -0.2) is 8.42 Å². The summed E-state index contributed by atoms with van der Waals surface area (Å²) >= 11 is 0. The van der Waals surface area contributed by atoms with Gasteiger partial charge < -0.3 is 9.67 Å². The fourth-order valence-corrected chi connectivity index (χ4v) is 5.03. The fourth-order valence-electron chi connectivity index (χ4n) is 3.09. The molecule has 1 N–H and O–H groups in total. The van der Waals surface area contributed by atoms with Crippen LogP contribution in [-0.4, -0.2) is 41.5 Å². The highest BCUT2D eigenvalue weighted by atomic mass is 32.2. The van der Waals surface area contributed by atoms with E-state index in [-0.39, 0.29) is 18.0 Å². The standard InChI is InChI=1S/C15H18N2O4S/c1-10-14(12-5-3-4-6-13(12)16(10)2)22(20,21)17-8-7-11(9-17)15(18)19/h3-6,11H,7-9H2,1-2H3,(H,18,19). The summed E-state index contributed by atoms with van der Waals surface area (Å²) in [5.74, 6) is -1.56. The van der Waals surface area contributed by atoms with Gasteiger partial charge in [-0.1, -0.05) is 18.2 Å². The molecule has 1 saturated heterocycles. The number of aromatic nitrogens is 1. The van der Waals surface area contributed by atoms with Crippen LogP contribution in [0.15, 0.2) is 29.2 Å². The minimum Gasteiger partial charge on any atom is -0.481 e. The zero-order chi connectivity index (χ0) is 16.1. The van der Waals surface area contributed by atoms with Crippen LogP contribution in [0.4, 0.5) is 0 Å². The first-order valence-electron chi connectivity index (χ1n) is 7.11. The number of carbonyl (C=O) groups is 1. The number of rotatable bonds is 3. The predicted octanol–water partition coefficient (Wildman–Crippen LogP) is 1.58. The summed E-state index contributed by atoms with van der Waals surface area (Å²) < 4.78 is 29.1. The summed E-state index contributed by atoms with van der Waals surface area (Å²) in [6, 6.07) is 7.35. The van der Waals surface area contributed by atoms with E-state index in [1.165, 1.54) is 4.31 Å². The number of benzene rings is 1. The monoisotopic (exact) mass is 322 g/mol. The Kier molecular flexibility index (Phi) is 3.49. The number of nitrogens with zero attached hydrogens (tertiary/aromatic N) is 2. The third-order valence-corrected chi connectivity index (χ3v) is 6.48. The third kappa shape index (κ3) is 2.12. The van der Waals surface area contributed by atoms with Crippen LogP contribution < -0.4 is 0 Å². The van der Waals surface area contributed by atoms with Crippen molar-refractivity contribution in [2.75, 3.05) is 13.1 Å². The highest BCUT2D eigenvalue weighted by Gasteiger charge is 2.38. The molecule has 3 rings (SSSR count). The lowest BCUT2D eigenvalue weighted by molar-refractivity contribution is -0.141. The van der Waals surface area contributed by atoms with Crippen LogP contribution in [0.2, 0.25) is 0 Å². The molecule has 0 bridgehead atoms. The molecule has 1 aromatic carbocycles. The van der Waals surface area contributed by atoms with Crippen LogP contribution >= 0.6 is 0 Å². The zero-order valence-corrected chi connectivity index (χ0v) is 13.3. The molecule has 0 aliphatic carbocycles. The molecular weight excluding hydrogens is 304 g/mol. The molecule has 7 heteroatoms. The molecule has 6 nitrogen and oxygen atoms in total. The zero-order valence-electron chi connectivity index (χ0n) is 12.5. The summed E-state index contributed by atoms with van der Waals surface area (Å²) in [6.45, 7) is 2.07. The van der Waals surface area contributed by atoms with Crippen molar-refractivity contribution < 1.29 is 18.3 Å². The maximum atomic E-state index is 13.0. The van der Waals surface area contributed by atoms with Crippen LogP contribution in [0.5, 0.6) is 0 Å². The number of fused-ring (bicyclic) bond motifs is 1. The van der Waals surface area contributed by atoms with Crippen molar-refractivity contribution in [3.05, 3.63) is 30.0 Å². The van der Waals surface area contributed by atoms with Crippen molar-refractivity contribution in [1.82, 2.24) is 8.87 Å². The van der Waals surface area contributed by atoms with Gasteiger partial charge in [0, 0.05) is 36.7 Å². The Labute approximate surface area is 129 Å². The molecule has 1 atom stereocenters. The van der Waals surface area contributed by atoms with E-state index >= 15 is 0 Å². The summed E-state index contributed by atoms with van der Waals surface area (Å²) in [5, 5.41) is 9.75. The Balaban J connectivity index is 2.11. The highest BCUT2D eigenvalue weighted by Crippen LogP contribution is 2.33. The van der Waals surface area contributed by atoms with Crippen LogP contribution in [0.25, 0.3) is 10.9 Å². The average molecular weight is 322 g/mol. The summed E-state index contributed by atoms with van der Waals surface area (Å²) in [5.41, 5.74) is 1.52. The van der Waals surface area contributed by atoms with Crippen LogP contribution in [0.3, 0.4) is 0 Å². The second-order valence-corrected chi connectivity index (χ2v) is 7.55. The van der Waals surface area contributed by atoms with E-state index in [4.69, 9.17) is 5.11 Å². The van der Waals surface area contributed by atoms with Gasteiger partial charge in [0.15, 0.2) is 0 Å². The van der Waals surface area contributed by atoms with Crippen molar-refractivity contribution in [1.29, 1.82) is 0 Å². The largest absolute Gasteiger partial charge is 0.481 e. The maximum Gasteiger partial charge on any atom is 0.307 e. The van der Waals surface area contributed by atoms with E-state index in [2.05, 4.69) is 0 Å². The SMILES string of the molecule is Cc1c(S(=O)(=O)N2CCC(C(=O)O)C2)c2ccccc2n1C. The molecule has 2 heterocycles. The molecule has 1 fully saturated rings. The molecule has 1 aromatic heterocycles. The minimum absolute atomic E-state index is 0.0420. The van der Waals surface area contributed by atoms with Gasteiger partial charge in [-0.15, -0.1) is 0 Å². The number of aliphatic carboxylic acids is 1. The van der Waals surface area contributed by atoms with Gasteiger partial charge in [-0.05, 0) is 19.4 Å². The van der Waals surface area contributed by atoms with Gasteiger partial charge in [0.1, 0.15) is 4.90 Å². The van der Waals surface area contributed by atoms with E-state index in [9.17, 15) is 13.2 Å². The lowest BCUT2D eigenvalue weighted by Gasteiger charge is -2.16. The number of carboxylic acid groups (broad SMARTS) is 1. The Morgan fingerprint density at radius 1 is 1.32 bits per heavy atom. The molecule has 0 radical (unpaired) electrons. The Bertz CT molecular complexity index is 854. The molecule has 1 aliphatic heterocycles. The lowest BCUT2D eigenvalue weighted by atomic mass is 10.1. The van der Waals surface area contributed by atoms with Crippen molar-refractivity contribution in [3.63, 3.8) is 0 Å². The number of hydrogen-bond acceptors (Lipinski definition) is 3. The molecule has 22 heavy (non-hydrogen) atoms. The second-order valence-electron chi connectivity index (χ2n) is 5.68. The number of sulfonamides is 1. The number of hydrogen-bond donors (Lipinski definition) is 1. The van der Waals surface area contributed by atoms with Gasteiger partial charge in [-0.3, -0.25) is 4.79 Å². The number of carboxylic acids is 1. The predicted molar refractivity (Wildman–Crippen MR) is 82.2 cm³/mol. The highest BCUT2D eigenvalue weighted by molar-refractivity contribution is 7.89. The summed E-state index contributed by atoms with van der Waals surface area (Å²) in [4.78, 5) is 11.4. The van der Waals surface area contributed by atoms with Gasteiger partial charge >= 0.3 is 5.97 Å². The van der Waals surface area contributed by atoms with E-state index in [1.807, 2.05) is 29.8 Å². The van der Waals surface area contributed by atoms with E-state index in [1.54, 1.807) is 13.0 Å². The van der Waals surface area contributed by atoms with Crippen molar-refractivity contribution in [2.24, 2.45) is 13.0 Å². The Morgan fingerprint density at radius 3 is 2.64 bits per heavy atom. The number of para-hydroxylation sites is 1. The van der Waals surface area contributed by atoms with Gasteiger partial charge in [0.2, 0.25) is 10.0 Å². The van der Waals surface area contributed by atoms with Gasteiger partial charge in [0.05, 0.1) is 5.92 Å². The first-order valence-corrected chi connectivity index (χ1v) is 8.55.